The lowest BCUT2D eigenvalue weighted by Crippen LogP contribution is -1.90. The molecule has 0 aliphatic heterocycles. The molecule has 0 saturated heterocycles. The van der Waals surface area contributed by atoms with Gasteiger partial charge in [-0.25, -0.2) is 0 Å². The molecule has 0 fully saturated rings. The summed E-state index contributed by atoms with van der Waals surface area (Å²) in [7, 11) is 0. The smallest absolute Gasteiger partial charge is 0.0575 e. The SMILES string of the molecule is C=CCCCC#CCCOCC. The van der Waals surface area contributed by atoms with Gasteiger partial charge in [-0.05, 0) is 19.8 Å². The summed E-state index contributed by atoms with van der Waals surface area (Å²) in [4.78, 5) is 0. The lowest BCUT2D eigenvalue weighted by atomic mass is 10.2. The first-order valence-corrected chi connectivity index (χ1v) is 4.56. The van der Waals surface area contributed by atoms with Crippen molar-refractivity contribution in [2.45, 2.75) is 32.6 Å². The molecule has 0 aromatic heterocycles. The van der Waals surface area contributed by atoms with Gasteiger partial charge in [0.25, 0.3) is 0 Å². The van der Waals surface area contributed by atoms with Crippen molar-refractivity contribution in [1.29, 1.82) is 0 Å². The maximum atomic E-state index is 5.14. The molecule has 1 heteroatoms. The van der Waals surface area contributed by atoms with E-state index in [1.807, 2.05) is 13.0 Å². The highest BCUT2D eigenvalue weighted by molar-refractivity contribution is 4.98. The largest absolute Gasteiger partial charge is 0.381 e. The van der Waals surface area contributed by atoms with E-state index in [0.29, 0.717) is 0 Å². The van der Waals surface area contributed by atoms with Crippen LogP contribution in [0.1, 0.15) is 32.6 Å². The first kappa shape index (κ1) is 11.3. The lowest BCUT2D eigenvalue weighted by Gasteiger charge is -1.92. The highest BCUT2D eigenvalue weighted by Gasteiger charge is 1.80. The fourth-order valence-corrected chi connectivity index (χ4v) is 0.779. The zero-order chi connectivity index (χ0) is 9.07. The number of ether oxygens (including phenoxy) is 1. The molecule has 0 N–H and O–H groups in total. The fraction of sp³-hybridized carbons (Fsp3) is 0.636. The average molecular weight is 166 g/mol. The van der Waals surface area contributed by atoms with Crippen LogP contribution in [0.25, 0.3) is 0 Å². The van der Waals surface area contributed by atoms with Crippen molar-refractivity contribution >= 4 is 0 Å². The van der Waals surface area contributed by atoms with Gasteiger partial charge in [0, 0.05) is 19.4 Å². The van der Waals surface area contributed by atoms with Gasteiger partial charge in [-0.1, -0.05) is 6.08 Å². The van der Waals surface area contributed by atoms with Gasteiger partial charge in [-0.3, -0.25) is 0 Å². The molecule has 1 nitrogen and oxygen atoms in total. The molecular weight excluding hydrogens is 148 g/mol. The summed E-state index contributed by atoms with van der Waals surface area (Å²) in [6.07, 6.45) is 5.98. The van der Waals surface area contributed by atoms with Gasteiger partial charge in [-0.15, -0.1) is 18.4 Å². The van der Waals surface area contributed by atoms with Crippen molar-refractivity contribution in [2.24, 2.45) is 0 Å². The maximum absolute atomic E-state index is 5.14. The van der Waals surface area contributed by atoms with Crippen molar-refractivity contribution in [3.05, 3.63) is 12.7 Å². The third kappa shape index (κ3) is 9.26. The molecule has 0 bridgehead atoms. The third-order valence-electron chi connectivity index (χ3n) is 1.41. The average Bonchev–Trinajstić information content (AvgIpc) is 2.10. The summed E-state index contributed by atoms with van der Waals surface area (Å²) in [6.45, 7) is 7.21. The number of allylic oxidation sites excluding steroid dienone is 1. The Morgan fingerprint density at radius 3 is 2.75 bits per heavy atom. The van der Waals surface area contributed by atoms with E-state index in [4.69, 9.17) is 4.74 Å². The van der Waals surface area contributed by atoms with Crippen molar-refractivity contribution in [1.82, 2.24) is 0 Å². The first-order chi connectivity index (χ1) is 5.91. The van der Waals surface area contributed by atoms with Crippen molar-refractivity contribution in [3.63, 3.8) is 0 Å². The molecule has 0 aromatic rings. The van der Waals surface area contributed by atoms with E-state index in [-0.39, 0.29) is 0 Å². The highest BCUT2D eigenvalue weighted by atomic mass is 16.5. The molecule has 0 unspecified atom stereocenters. The van der Waals surface area contributed by atoms with E-state index >= 15 is 0 Å². The minimum Gasteiger partial charge on any atom is -0.381 e. The highest BCUT2D eigenvalue weighted by Crippen LogP contribution is 1.93. The third-order valence-corrected chi connectivity index (χ3v) is 1.41. The summed E-state index contributed by atoms with van der Waals surface area (Å²) >= 11 is 0. The summed E-state index contributed by atoms with van der Waals surface area (Å²) in [5.41, 5.74) is 0. The first-order valence-electron chi connectivity index (χ1n) is 4.56. The minimum atomic E-state index is 0.769. The van der Waals surface area contributed by atoms with Gasteiger partial charge in [0.2, 0.25) is 0 Å². The van der Waals surface area contributed by atoms with E-state index in [2.05, 4.69) is 18.4 Å². The Balaban J connectivity index is 3.06. The van der Waals surface area contributed by atoms with Gasteiger partial charge >= 0.3 is 0 Å². The zero-order valence-corrected chi connectivity index (χ0v) is 7.94. The van der Waals surface area contributed by atoms with E-state index in [1.54, 1.807) is 0 Å². The second-order valence-corrected chi connectivity index (χ2v) is 2.48. The minimum absolute atomic E-state index is 0.769. The van der Waals surface area contributed by atoms with Crippen LogP contribution in [0, 0.1) is 11.8 Å². The molecule has 12 heavy (non-hydrogen) atoms. The molecule has 68 valence electrons. The Morgan fingerprint density at radius 1 is 1.33 bits per heavy atom. The molecular formula is C11H18O. The lowest BCUT2D eigenvalue weighted by molar-refractivity contribution is 0.154. The molecule has 0 radical (unpaired) electrons. The second kappa shape index (κ2) is 10.3. The summed E-state index contributed by atoms with van der Waals surface area (Å²) in [6, 6.07) is 0. The Morgan fingerprint density at radius 2 is 2.08 bits per heavy atom. The van der Waals surface area contributed by atoms with Crippen molar-refractivity contribution in [2.75, 3.05) is 13.2 Å². The Bertz CT molecular complexity index is 150. The topological polar surface area (TPSA) is 9.23 Å². The summed E-state index contributed by atoms with van der Waals surface area (Å²) < 4.78 is 5.14. The maximum Gasteiger partial charge on any atom is 0.0575 e. The van der Waals surface area contributed by atoms with Crippen LogP contribution >= 0.6 is 0 Å². The quantitative estimate of drug-likeness (QED) is 0.335. The van der Waals surface area contributed by atoms with E-state index < -0.39 is 0 Å². The Kier molecular flexibility index (Phi) is 9.63. The van der Waals surface area contributed by atoms with Gasteiger partial charge in [0.15, 0.2) is 0 Å². The summed E-state index contributed by atoms with van der Waals surface area (Å²) in [5, 5.41) is 0. The van der Waals surface area contributed by atoms with Crippen molar-refractivity contribution < 1.29 is 4.74 Å². The molecule has 0 saturated carbocycles. The van der Waals surface area contributed by atoms with Gasteiger partial charge < -0.3 is 4.74 Å². The van der Waals surface area contributed by atoms with Crippen LogP contribution in [0.4, 0.5) is 0 Å². The number of hydrogen-bond donors (Lipinski definition) is 0. The molecule has 0 amide bonds. The molecule has 0 rings (SSSR count). The predicted octanol–water partition coefficient (Wildman–Crippen LogP) is 2.77. The van der Waals surface area contributed by atoms with E-state index in [1.165, 1.54) is 0 Å². The van der Waals surface area contributed by atoms with Crippen molar-refractivity contribution in [3.8, 4) is 11.8 Å². The van der Waals surface area contributed by atoms with E-state index in [0.717, 1.165) is 38.9 Å². The van der Waals surface area contributed by atoms with E-state index in [9.17, 15) is 0 Å². The molecule has 0 heterocycles. The summed E-state index contributed by atoms with van der Waals surface area (Å²) in [5.74, 6) is 6.17. The van der Waals surface area contributed by atoms with Crippen LogP contribution in [0.2, 0.25) is 0 Å². The monoisotopic (exact) mass is 166 g/mol. The Hall–Kier alpha value is -0.740. The van der Waals surface area contributed by atoms with Crippen LogP contribution in [-0.4, -0.2) is 13.2 Å². The standard InChI is InChI=1S/C11H18O/c1-3-5-6-7-8-9-10-11-12-4-2/h3H,1,4-7,10-11H2,2H3. The molecule has 0 aliphatic rings. The zero-order valence-electron chi connectivity index (χ0n) is 7.94. The predicted molar refractivity (Wildman–Crippen MR) is 52.9 cm³/mol. The molecule has 0 atom stereocenters. The van der Waals surface area contributed by atoms with Crippen LogP contribution in [-0.2, 0) is 4.74 Å². The van der Waals surface area contributed by atoms with Crippen LogP contribution < -0.4 is 0 Å². The molecule has 0 aromatic carbocycles. The molecule has 0 aliphatic carbocycles. The van der Waals surface area contributed by atoms with Crippen LogP contribution in [0.3, 0.4) is 0 Å². The number of unbranched alkanes of at least 4 members (excludes halogenated alkanes) is 2. The van der Waals surface area contributed by atoms with Gasteiger partial charge in [0.1, 0.15) is 0 Å². The van der Waals surface area contributed by atoms with Gasteiger partial charge in [-0.2, -0.15) is 0 Å². The van der Waals surface area contributed by atoms with Crippen LogP contribution in [0.5, 0.6) is 0 Å². The normalized spacial score (nSPS) is 8.75. The number of hydrogen-bond acceptors (Lipinski definition) is 1. The second-order valence-electron chi connectivity index (χ2n) is 2.48. The number of rotatable bonds is 6. The van der Waals surface area contributed by atoms with Gasteiger partial charge in [0.05, 0.1) is 6.61 Å². The Labute approximate surface area is 75.8 Å². The fourth-order valence-electron chi connectivity index (χ4n) is 0.779. The van der Waals surface area contributed by atoms with Crippen LogP contribution in [0.15, 0.2) is 12.7 Å². The molecule has 0 spiro atoms.